The lowest BCUT2D eigenvalue weighted by molar-refractivity contribution is -0.135. The molecule has 0 heterocycles. The third-order valence-electron chi connectivity index (χ3n) is 6.23. The zero-order chi connectivity index (χ0) is 19.9. The Kier molecular flexibility index (Phi) is 7.94. The summed E-state index contributed by atoms with van der Waals surface area (Å²) in [5.41, 5.74) is 6.38. The van der Waals surface area contributed by atoms with E-state index in [4.69, 9.17) is 4.74 Å². The molecule has 1 aromatic carbocycles. The molecule has 1 aliphatic carbocycles. The molecule has 0 spiro atoms. The van der Waals surface area contributed by atoms with Gasteiger partial charge < -0.3 is 4.74 Å². The van der Waals surface area contributed by atoms with Gasteiger partial charge in [0.1, 0.15) is 5.60 Å². The van der Waals surface area contributed by atoms with Crippen LogP contribution in [0.15, 0.2) is 12.1 Å². The molecule has 2 nitrogen and oxygen atoms in total. The van der Waals surface area contributed by atoms with E-state index in [1.54, 1.807) is 5.56 Å². The summed E-state index contributed by atoms with van der Waals surface area (Å²) in [5.74, 6) is 0. The summed E-state index contributed by atoms with van der Waals surface area (Å²) in [5, 5.41) is 0. The standard InChI is InChI=1S/C25H40O2/c1-20-13-14-22(11-7-6-9-15-24(3,4)5)21(2)23(20)12-8-10-16-25(17-18-25)27-19-26/h13-14,19H,6-12,15-18H2,1-5H3. The van der Waals surface area contributed by atoms with Crippen molar-refractivity contribution in [2.75, 3.05) is 0 Å². The smallest absolute Gasteiger partial charge is 0.293 e. The van der Waals surface area contributed by atoms with Crippen LogP contribution < -0.4 is 0 Å². The lowest BCUT2D eigenvalue weighted by Gasteiger charge is -2.18. The van der Waals surface area contributed by atoms with Crippen molar-refractivity contribution in [1.29, 1.82) is 0 Å². The van der Waals surface area contributed by atoms with Crippen LogP contribution >= 0.6 is 0 Å². The first-order valence-electron chi connectivity index (χ1n) is 11.0. The molecule has 0 radical (unpaired) electrons. The lowest BCUT2D eigenvalue weighted by Crippen LogP contribution is -2.12. The topological polar surface area (TPSA) is 26.3 Å². The van der Waals surface area contributed by atoms with E-state index in [-0.39, 0.29) is 5.60 Å². The summed E-state index contributed by atoms with van der Waals surface area (Å²) in [6.07, 6.45) is 13.1. The van der Waals surface area contributed by atoms with Crippen LogP contribution in [-0.2, 0) is 22.4 Å². The average molecular weight is 373 g/mol. The Balaban J connectivity index is 1.79. The second-order valence-corrected chi connectivity index (χ2v) is 9.87. The maximum Gasteiger partial charge on any atom is 0.293 e. The van der Waals surface area contributed by atoms with E-state index < -0.39 is 0 Å². The molecular formula is C25H40O2. The highest BCUT2D eigenvalue weighted by atomic mass is 16.5. The van der Waals surface area contributed by atoms with Crippen LogP contribution in [-0.4, -0.2) is 12.1 Å². The van der Waals surface area contributed by atoms with E-state index in [0.29, 0.717) is 11.9 Å². The van der Waals surface area contributed by atoms with Crippen molar-refractivity contribution < 1.29 is 9.53 Å². The Morgan fingerprint density at radius 3 is 2.33 bits per heavy atom. The molecule has 2 heteroatoms. The van der Waals surface area contributed by atoms with Crippen molar-refractivity contribution in [2.45, 2.75) is 111 Å². The third kappa shape index (κ3) is 7.31. The van der Waals surface area contributed by atoms with Crippen LogP contribution in [0.5, 0.6) is 0 Å². The van der Waals surface area contributed by atoms with Gasteiger partial charge in [0, 0.05) is 0 Å². The Morgan fingerprint density at radius 2 is 1.70 bits per heavy atom. The highest BCUT2D eigenvalue weighted by Crippen LogP contribution is 2.43. The molecule has 0 aromatic heterocycles. The van der Waals surface area contributed by atoms with E-state index in [9.17, 15) is 4.79 Å². The predicted octanol–water partition coefficient (Wildman–Crippen LogP) is 6.87. The molecule has 0 bridgehead atoms. The first-order valence-corrected chi connectivity index (χ1v) is 11.0. The number of carbonyl (C=O) groups is 1. The summed E-state index contributed by atoms with van der Waals surface area (Å²) >= 11 is 0. The van der Waals surface area contributed by atoms with Gasteiger partial charge in [-0.2, -0.15) is 0 Å². The molecule has 0 amide bonds. The van der Waals surface area contributed by atoms with Gasteiger partial charge in [0.15, 0.2) is 0 Å². The van der Waals surface area contributed by atoms with Crippen molar-refractivity contribution in [3.05, 3.63) is 34.4 Å². The molecule has 27 heavy (non-hydrogen) atoms. The van der Waals surface area contributed by atoms with Crippen molar-refractivity contribution in [2.24, 2.45) is 5.41 Å². The number of hydrogen-bond donors (Lipinski definition) is 0. The van der Waals surface area contributed by atoms with Crippen LogP contribution in [0.4, 0.5) is 0 Å². The van der Waals surface area contributed by atoms with Crippen LogP contribution in [0.3, 0.4) is 0 Å². The van der Waals surface area contributed by atoms with Crippen LogP contribution in [0, 0.1) is 19.3 Å². The normalized spacial score (nSPS) is 15.6. The Morgan fingerprint density at radius 1 is 1.00 bits per heavy atom. The first kappa shape index (κ1) is 22.0. The SMILES string of the molecule is Cc1ccc(CCCCCC(C)(C)C)c(C)c1CCCCC1(OC=O)CC1. The fourth-order valence-corrected chi connectivity index (χ4v) is 4.16. The fourth-order valence-electron chi connectivity index (χ4n) is 4.16. The number of ether oxygens (including phenoxy) is 1. The minimum Gasteiger partial charge on any atom is -0.461 e. The van der Waals surface area contributed by atoms with Gasteiger partial charge in [-0.25, -0.2) is 0 Å². The Labute approximate surface area is 167 Å². The lowest BCUT2D eigenvalue weighted by atomic mass is 9.88. The maximum absolute atomic E-state index is 10.6. The van der Waals surface area contributed by atoms with Gasteiger partial charge in [-0.3, -0.25) is 4.79 Å². The van der Waals surface area contributed by atoms with Gasteiger partial charge in [-0.15, -0.1) is 0 Å². The van der Waals surface area contributed by atoms with Gasteiger partial charge in [-0.05, 0) is 99.3 Å². The number of carbonyl (C=O) groups excluding carboxylic acids is 1. The van der Waals surface area contributed by atoms with Crippen molar-refractivity contribution >= 4 is 6.47 Å². The molecule has 0 aliphatic heterocycles. The van der Waals surface area contributed by atoms with Gasteiger partial charge >= 0.3 is 0 Å². The first-order chi connectivity index (χ1) is 12.8. The molecule has 2 rings (SSSR count). The summed E-state index contributed by atoms with van der Waals surface area (Å²) < 4.78 is 5.26. The highest BCUT2D eigenvalue weighted by Gasteiger charge is 2.44. The molecule has 1 saturated carbocycles. The van der Waals surface area contributed by atoms with Crippen molar-refractivity contribution in [3.8, 4) is 0 Å². The quantitative estimate of drug-likeness (QED) is 0.295. The van der Waals surface area contributed by atoms with E-state index in [0.717, 1.165) is 32.1 Å². The Bertz CT molecular complexity index is 605. The number of benzene rings is 1. The molecule has 0 unspecified atom stereocenters. The zero-order valence-corrected chi connectivity index (χ0v) is 18.3. The number of aryl methyl sites for hydroxylation is 2. The highest BCUT2D eigenvalue weighted by molar-refractivity contribution is 5.40. The van der Waals surface area contributed by atoms with Crippen LogP contribution in [0.2, 0.25) is 0 Å². The minimum atomic E-state index is -0.0965. The number of hydrogen-bond acceptors (Lipinski definition) is 2. The molecule has 152 valence electrons. The second-order valence-electron chi connectivity index (χ2n) is 9.87. The molecular weight excluding hydrogens is 332 g/mol. The van der Waals surface area contributed by atoms with Crippen molar-refractivity contribution in [3.63, 3.8) is 0 Å². The van der Waals surface area contributed by atoms with Gasteiger partial charge in [0.05, 0.1) is 0 Å². The molecule has 1 aromatic rings. The van der Waals surface area contributed by atoms with E-state index in [2.05, 4.69) is 46.8 Å². The zero-order valence-electron chi connectivity index (χ0n) is 18.3. The van der Waals surface area contributed by atoms with E-state index in [1.165, 1.54) is 55.2 Å². The molecule has 0 N–H and O–H groups in total. The summed E-state index contributed by atoms with van der Waals surface area (Å²) in [4.78, 5) is 10.6. The molecule has 0 saturated heterocycles. The molecule has 1 fully saturated rings. The van der Waals surface area contributed by atoms with Crippen LogP contribution in [0.25, 0.3) is 0 Å². The molecule has 0 atom stereocenters. The second kappa shape index (κ2) is 9.75. The largest absolute Gasteiger partial charge is 0.461 e. The monoisotopic (exact) mass is 372 g/mol. The summed E-state index contributed by atoms with van der Waals surface area (Å²) in [7, 11) is 0. The molecule has 1 aliphatic rings. The van der Waals surface area contributed by atoms with Gasteiger partial charge in [0.25, 0.3) is 6.47 Å². The van der Waals surface area contributed by atoms with Crippen molar-refractivity contribution in [1.82, 2.24) is 0 Å². The van der Waals surface area contributed by atoms with E-state index >= 15 is 0 Å². The summed E-state index contributed by atoms with van der Waals surface area (Å²) in [6.45, 7) is 12.2. The van der Waals surface area contributed by atoms with Gasteiger partial charge in [0.2, 0.25) is 0 Å². The third-order valence-corrected chi connectivity index (χ3v) is 6.23. The number of unbranched alkanes of at least 4 members (excludes halogenated alkanes) is 3. The Hall–Kier alpha value is -1.31. The predicted molar refractivity (Wildman–Crippen MR) is 114 cm³/mol. The van der Waals surface area contributed by atoms with Gasteiger partial charge in [-0.1, -0.05) is 45.7 Å². The minimum absolute atomic E-state index is 0.0965. The van der Waals surface area contributed by atoms with Crippen LogP contribution in [0.1, 0.15) is 101 Å². The average Bonchev–Trinajstić information content (AvgIpc) is 3.34. The maximum atomic E-state index is 10.6. The fraction of sp³-hybridized carbons (Fsp3) is 0.720. The summed E-state index contributed by atoms with van der Waals surface area (Å²) in [6, 6.07) is 4.65. The number of rotatable bonds is 12. The van der Waals surface area contributed by atoms with E-state index in [1.807, 2.05) is 0 Å².